The quantitative estimate of drug-likeness (QED) is 0.645. The van der Waals surface area contributed by atoms with Crippen LogP contribution in [0.25, 0.3) is 0 Å². The van der Waals surface area contributed by atoms with Crippen LogP contribution in [0, 0.1) is 6.92 Å². The highest BCUT2D eigenvalue weighted by molar-refractivity contribution is 6.21. The number of phenols is 1. The van der Waals surface area contributed by atoms with Crippen molar-refractivity contribution >= 4 is 17.5 Å². The van der Waals surface area contributed by atoms with Crippen LogP contribution in [0.5, 0.6) is 5.75 Å². The summed E-state index contributed by atoms with van der Waals surface area (Å²) < 4.78 is 0. The van der Waals surface area contributed by atoms with Gasteiger partial charge in [-0.1, -0.05) is 25.3 Å². The van der Waals surface area contributed by atoms with Crippen LogP contribution in [0.1, 0.15) is 48.0 Å². The number of amides is 1. The fourth-order valence-corrected chi connectivity index (χ4v) is 2.85. The molecule has 0 aliphatic heterocycles. The molecular formula is C15H20ClNO2. The summed E-state index contributed by atoms with van der Waals surface area (Å²) in [7, 11) is 0. The van der Waals surface area contributed by atoms with Gasteiger partial charge < -0.3 is 10.4 Å². The van der Waals surface area contributed by atoms with Gasteiger partial charge in [-0.3, -0.25) is 4.79 Å². The smallest absolute Gasteiger partial charge is 0.255 e. The predicted octanol–water partition coefficient (Wildman–Crippen LogP) is 3.37. The van der Waals surface area contributed by atoms with Crippen molar-refractivity contribution in [2.45, 2.75) is 50.4 Å². The van der Waals surface area contributed by atoms with E-state index in [1.807, 2.05) is 13.0 Å². The van der Waals surface area contributed by atoms with Crippen molar-refractivity contribution in [3.63, 3.8) is 0 Å². The molecule has 1 aromatic rings. The number of carbonyl (C=O) groups excluding carboxylic acids is 1. The number of rotatable bonds is 2. The molecule has 2 N–H and O–H groups in total. The van der Waals surface area contributed by atoms with Gasteiger partial charge in [-0.25, -0.2) is 0 Å². The number of hydrogen-bond donors (Lipinski definition) is 2. The summed E-state index contributed by atoms with van der Waals surface area (Å²) in [6, 6.07) is 5.07. The fourth-order valence-electron chi connectivity index (χ4n) is 2.50. The third-order valence-electron chi connectivity index (χ3n) is 3.65. The molecular weight excluding hydrogens is 262 g/mol. The van der Waals surface area contributed by atoms with E-state index in [0.717, 1.165) is 31.2 Å². The Morgan fingerprint density at radius 1 is 1.32 bits per heavy atom. The maximum absolute atomic E-state index is 12.2. The molecule has 2 unspecified atom stereocenters. The summed E-state index contributed by atoms with van der Waals surface area (Å²) >= 11 is 6.31. The zero-order chi connectivity index (χ0) is 13.8. The number of hydrogen-bond acceptors (Lipinski definition) is 2. The third kappa shape index (κ3) is 3.63. The average molecular weight is 282 g/mol. The first-order valence-electron chi connectivity index (χ1n) is 6.82. The number of carbonyl (C=O) groups is 1. The number of nitrogens with one attached hydrogen (secondary N) is 1. The number of aromatic hydroxyl groups is 1. The van der Waals surface area contributed by atoms with Crippen molar-refractivity contribution in [1.82, 2.24) is 5.32 Å². The largest absolute Gasteiger partial charge is 0.507 e. The highest BCUT2D eigenvalue weighted by Crippen LogP contribution is 2.24. The van der Waals surface area contributed by atoms with Crippen LogP contribution in [-0.4, -0.2) is 22.4 Å². The molecule has 3 nitrogen and oxygen atoms in total. The lowest BCUT2D eigenvalue weighted by atomic mass is 10.1. The second-order valence-electron chi connectivity index (χ2n) is 5.25. The van der Waals surface area contributed by atoms with Gasteiger partial charge in [-0.2, -0.15) is 0 Å². The summed E-state index contributed by atoms with van der Waals surface area (Å²) in [6.07, 6.45) is 5.23. The van der Waals surface area contributed by atoms with Gasteiger partial charge in [0.2, 0.25) is 0 Å². The molecule has 1 aliphatic carbocycles. The standard InChI is InChI=1S/C15H20ClNO2/c1-10-7-8-11(14(18)9-10)15(19)17-13-6-4-2-3-5-12(13)16/h7-9,12-13,18H,2-6H2,1H3,(H,17,19). The highest BCUT2D eigenvalue weighted by Gasteiger charge is 2.24. The van der Waals surface area contributed by atoms with Crippen LogP contribution in [0.4, 0.5) is 0 Å². The highest BCUT2D eigenvalue weighted by atomic mass is 35.5. The summed E-state index contributed by atoms with van der Waals surface area (Å²) in [6.45, 7) is 1.88. The number of halogens is 1. The minimum atomic E-state index is -0.241. The van der Waals surface area contributed by atoms with E-state index >= 15 is 0 Å². The monoisotopic (exact) mass is 281 g/mol. The number of benzene rings is 1. The first-order chi connectivity index (χ1) is 9.08. The Hall–Kier alpha value is -1.22. The average Bonchev–Trinajstić information content (AvgIpc) is 2.55. The molecule has 2 rings (SSSR count). The van der Waals surface area contributed by atoms with Crippen molar-refractivity contribution in [3.05, 3.63) is 29.3 Å². The van der Waals surface area contributed by atoms with Crippen molar-refractivity contribution in [3.8, 4) is 5.75 Å². The van der Waals surface area contributed by atoms with Gasteiger partial charge in [0.05, 0.1) is 10.9 Å². The number of alkyl halides is 1. The number of aryl methyl sites for hydroxylation is 1. The van der Waals surface area contributed by atoms with Crippen LogP contribution in [0.2, 0.25) is 0 Å². The Morgan fingerprint density at radius 2 is 2.05 bits per heavy atom. The SMILES string of the molecule is Cc1ccc(C(=O)NC2CCCCCC2Cl)c(O)c1. The van der Waals surface area contributed by atoms with E-state index in [1.54, 1.807) is 12.1 Å². The molecule has 104 valence electrons. The predicted molar refractivity (Wildman–Crippen MR) is 76.8 cm³/mol. The topological polar surface area (TPSA) is 49.3 Å². The molecule has 0 bridgehead atoms. The van der Waals surface area contributed by atoms with Crippen LogP contribution in [0.15, 0.2) is 18.2 Å². The lowest BCUT2D eigenvalue weighted by Crippen LogP contribution is -2.40. The molecule has 19 heavy (non-hydrogen) atoms. The molecule has 0 radical (unpaired) electrons. The van der Waals surface area contributed by atoms with Gasteiger partial charge in [0.15, 0.2) is 0 Å². The molecule has 1 amide bonds. The van der Waals surface area contributed by atoms with E-state index in [2.05, 4.69) is 5.32 Å². The molecule has 1 saturated carbocycles. The van der Waals surface area contributed by atoms with Crippen molar-refractivity contribution in [2.24, 2.45) is 0 Å². The van der Waals surface area contributed by atoms with Gasteiger partial charge in [-0.15, -0.1) is 11.6 Å². The zero-order valence-electron chi connectivity index (χ0n) is 11.2. The first-order valence-corrected chi connectivity index (χ1v) is 7.26. The van der Waals surface area contributed by atoms with Crippen molar-refractivity contribution in [2.75, 3.05) is 0 Å². The maximum atomic E-state index is 12.2. The Labute approximate surface area is 119 Å². The van der Waals surface area contributed by atoms with Crippen LogP contribution < -0.4 is 5.32 Å². The fraction of sp³-hybridized carbons (Fsp3) is 0.533. The lowest BCUT2D eigenvalue weighted by molar-refractivity contribution is 0.0931. The summed E-state index contributed by atoms with van der Waals surface area (Å²) in [5.74, 6) is -0.215. The maximum Gasteiger partial charge on any atom is 0.255 e. The molecule has 1 fully saturated rings. The lowest BCUT2D eigenvalue weighted by Gasteiger charge is -2.21. The van der Waals surface area contributed by atoms with Crippen LogP contribution >= 0.6 is 11.6 Å². The van der Waals surface area contributed by atoms with Crippen molar-refractivity contribution < 1.29 is 9.90 Å². The van der Waals surface area contributed by atoms with Crippen LogP contribution in [-0.2, 0) is 0 Å². The minimum absolute atomic E-state index is 0.00244. The van der Waals surface area contributed by atoms with Gasteiger partial charge in [-0.05, 0) is 37.5 Å². The minimum Gasteiger partial charge on any atom is -0.507 e. The van der Waals surface area contributed by atoms with E-state index in [1.165, 1.54) is 6.42 Å². The molecule has 0 heterocycles. The molecule has 0 saturated heterocycles. The Morgan fingerprint density at radius 3 is 2.79 bits per heavy atom. The summed E-state index contributed by atoms with van der Waals surface area (Å²) in [4.78, 5) is 12.2. The molecule has 1 aromatic carbocycles. The van der Waals surface area contributed by atoms with E-state index in [9.17, 15) is 9.90 Å². The van der Waals surface area contributed by atoms with E-state index in [-0.39, 0.29) is 23.1 Å². The van der Waals surface area contributed by atoms with Gasteiger partial charge >= 0.3 is 0 Å². The normalized spacial score (nSPS) is 23.7. The van der Waals surface area contributed by atoms with Gasteiger partial charge in [0, 0.05) is 6.04 Å². The van der Waals surface area contributed by atoms with Crippen LogP contribution in [0.3, 0.4) is 0 Å². The van der Waals surface area contributed by atoms with Gasteiger partial charge in [0.1, 0.15) is 5.75 Å². The zero-order valence-corrected chi connectivity index (χ0v) is 11.9. The Kier molecular flexibility index (Phi) is 4.70. The Bertz CT molecular complexity index is 461. The first kappa shape index (κ1) is 14.2. The Balaban J connectivity index is 2.07. The van der Waals surface area contributed by atoms with E-state index in [4.69, 9.17) is 11.6 Å². The third-order valence-corrected chi connectivity index (χ3v) is 4.17. The second-order valence-corrected chi connectivity index (χ2v) is 5.82. The molecule has 2 atom stereocenters. The number of phenolic OH excluding ortho intramolecular Hbond substituents is 1. The molecule has 0 spiro atoms. The van der Waals surface area contributed by atoms with Gasteiger partial charge in [0.25, 0.3) is 5.91 Å². The summed E-state index contributed by atoms with van der Waals surface area (Å²) in [5.41, 5.74) is 1.25. The van der Waals surface area contributed by atoms with E-state index < -0.39 is 0 Å². The van der Waals surface area contributed by atoms with Crippen molar-refractivity contribution in [1.29, 1.82) is 0 Å². The van der Waals surface area contributed by atoms with E-state index in [0.29, 0.717) is 5.56 Å². The molecule has 0 aromatic heterocycles. The molecule has 4 heteroatoms. The molecule has 1 aliphatic rings. The second kappa shape index (κ2) is 6.29. The summed E-state index contributed by atoms with van der Waals surface area (Å²) in [5, 5.41) is 12.8.